The van der Waals surface area contributed by atoms with Crippen molar-refractivity contribution in [3.05, 3.63) is 0 Å². The Morgan fingerprint density at radius 3 is 3.00 bits per heavy atom. The van der Waals surface area contributed by atoms with Crippen molar-refractivity contribution in [3.8, 4) is 0 Å². The first-order chi connectivity index (χ1) is 11.7. The van der Waals surface area contributed by atoms with Gasteiger partial charge in [0, 0.05) is 43.2 Å². The Hall–Kier alpha value is -0.460. The van der Waals surface area contributed by atoms with Crippen LogP contribution in [0.3, 0.4) is 0 Å². The summed E-state index contributed by atoms with van der Waals surface area (Å²) in [6, 6.07) is 0.671. The van der Waals surface area contributed by atoms with Crippen LogP contribution in [-0.2, 0) is 4.74 Å². The number of hydrogen-bond donors (Lipinski definition) is 1. The maximum atomic E-state index is 6.07. The Bertz CT molecular complexity index is 431. The molecule has 3 saturated heterocycles. The highest BCUT2D eigenvalue weighted by Crippen LogP contribution is 2.25. The molecule has 138 valence electrons. The summed E-state index contributed by atoms with van der Waals surface area (Å²) >= 11 is 2.11. The van der Waals surface area contributed by atoms with Crippen LogP contribution in [0.4, 0.5) is 0 Å². The maximum Gasteiger partial charge on any atom is 0.194 e. The molecule has 1 N–H and O–H groups in total. The molecule has 0 spiro atoms. The number of fused-ring (bicyclic) bond motifs is 1. The molecule has 0 aromatic rings. The molecule has 0 aromatic carbocycles. The van der Waals surface area contributed by atoms with Gasteiger partial charge in [0.05, 0.1) is 19.3 Å². The van der Waals surface area contributed by atoms with Gasteiger partial charge < -0.3 is 15.0 Å². The fourth-order valence-corrected chi connectivity index (χ4v) is 5.18. The molecule has 5 nitrogen and oxygen atoms in total. The normalized spacial score (nSPS) is 32.2. The molecule has 3 heterocycles. The topological polar surface area (TPSA) is 40.1 Å². The van der Waals surface area contributed by atoms with E-state index in [1.165, 1.54) is 25.1 Å². The van der Waals surface area contributed by atoms with Gasteiger partial charge in [-0.05, 0) is 32.2 Å². The summed E-state index contributed by atoms with van der Waals surface area (Å²) in [6.07, 6.45) is 2.89. The first-order valence-corrected chi connectivity index (χ1v) is 10.7. The number of aliphatic imine (C=N–C) groups is 1. The van der Waals surface area contributed by atoms with Crippen LogP contribution >= 0.6 is 11.8 Å². The van der Waals surface area contributed by atoms with Crippen LogP contribution in [0.2, 0.25) is 0 Å². The van der Waals surface area contributed by atoms with E-state index in [0.29, 0.717) is 11.3 Å². The first-order valence-electron chi connectivity index (χ1n) is 9.68. The van der Waals surface area contributed by atoms with E-state index in [1.807, 2.05) is 0 Å². The SMILES string of the molecule is CCNC(=NCC1CN2CCCC2CO1)N1CCSC(C(C)C)C1. The van der Waals surface area contributed by atoms with Gasteiger partial charge in [0.25, 0.3) is 0 Å². The third-order valence-electron chi connectivity index (χ3n) is 5.38. The molecule has 3 aliphatic rings. The fourth-order valence-electron chi connectivity index (χ4n) is 3.88. The van der Waals surface area contributed by atoms with Crippen molar-refractivity contribution >= 4 is 17.7 Å². The zero-order valence-corrected chi connectivity index (χ0v) is 16.4. The summed E-state index contributed by atoms with van der Waals surface area (Å²) < 4.78 is 6.07. The molecular weight excluding hydrogens is 320 g/mol. The van der Waals surface area contributed by atoms with Crippen molar-refractivity contribution in [3.63, 3.8) is 0 Å². The Balaban J connectivity index is 1.57. The zero-order valence-electron chi connectivity index (χ0n) is 15.5. The minimum atomic E-state index is 0.257. The molecule has 0 radical (unpaired) electrons. The predicted molar refractivity (Wildman–Crippen MR) is 103 cm³/mol. The molecule has 3 atom stereocenters. The molecule has 3 aliphatic heterocycles. The van der Waals surface area contributed by atoms with E-state index in [4.69, 9.17) is 9.73 Å². The lowest BCUT2D eigenvalue weighted by Crippen LogP contribution is -2.50. The number of rotatable bonds is 4. The monoisotopic (exact) mass is 354 g/mol. The lowest BCUT2D eigenvalue weighted by atomic mass is 10.1. The summed E-state index contributed by atoms with van der Waals surface area (Å²) in [4.78, 5) is 9.99. The summed E-state index contributed by atoms with van der Waals surface area (Å²) in [7, 11) is 0. The van der Waals surface area contributed by atoms with E-state index in [-0.39, 0.29) is 6.10 Å². The van der Waals surface area contributed by atoms with Crippen molar-refractivity contribution in [1.82, 2.24) is 15.1 Å². The van der Waals surface area contributed by atoms with Gasteiger partial charge in [-0.2, -0.15) is 11.8 Å². The molecule has 0 amide bonds. The van der Waals surface area contributed by atoms with Crippen LogP contribution in [0, 0.1) is 5.92 Å². The van der Waals surface area contributed by atoms with E-state index in [2.05, 4.69) is 47.6 Å². The molecular formula is C18H34N4OS. The maximum absolute atomic E-state index is 6.07. The standard InChI is InChI=1S/C18H34N4OS/c1-4-19-18(22-8-9-24-17(12-22)14(2)3)20-10-16-11-21-7-5-6-15(21)13-23-16/h14-17H,4-13H2,1-3H3,(H,19,20). The van der Waals surface area contributed by atoms with Crippen molar-refractivity contribution in [2.75, 3.05) is 51.6 Å². The lowest BCUT2D eigenvalue weighted by Gasteiger charge is -2.37. The number of hydrogen-bond acceptors (Lipinski definition) is 4. The molecule has 3 rings (SSSR count). The second kappa shape index (κ2) is 8.77. The quantitative estimate of drug-likeness (QED) is 0.617. The van der Waals surface area contributed by atoms with Gasteiger partial charge >= 0.3 is 0 Å². The summed E-state index contributed by atoms with van der Waals surface area (Å²) in [5, 5.41) is 4.20. The zero-order chi connectivity index (χ0) is 16.9. The van der Waals surface area contributed by atoms with Crippen molar-refractivity contribution in [1.29, 1.82) is 0 Å². The largest absolute Gasteiger partial charge is 0.373 e. The first kappa shape index (κ1) is 18.3. The number of guanidine groups is 1. The van der Waals surface area contributed by atoms with Gasteiger partial charge in [-0.25, -0.2) is 0 Å². The van der Waals surface area contributed by atoms with Crippen LogP contribution in [0.1, 0.15) is 33.6 Å². The van der Waals surface area contributed by atoms with Crippen LogP contribution in [-0.4, -0.2) is 84.8 Å². The smallest absolute Gasteiger partial charge is 0.194 e. The van der Waals surface area contributed by atoms with Crippen molar-refractivity contribution in [2.45, 2.75) is 51.0 Å². The molecule has 3 unspecified atom stereocenters. The minimum absolute atomic E-state index is 0.257. The van der Waals surface area contributed by atoms with Crippen LogP contribution in [0.15, 0.2) is 4.99 Å². The highest BCUT2D eigenvalue weighted by molar-refractivity contribution is 8.00. The number of morpholine rings is 1. The number of nitrogens with zero attached hydrogens (tertiary/aromatic N) is 3. The lowest BCUT2D eigenvalue weighted by molar-refractivity contribution is -0.0432. The van der Waals surface area contributed by atoms with E-state index in [9.17, 15) is 0 Å². The molecule has 0 bridgehead atoms. The Morgan fingerprint density at radius 2 is 2.21 bits per heavy atom. The second-order valence-electron chi connectivity index (χ2n) is 7.54. The Labute approximate surface area is 151 Å². The Morgan fingerprint density at radius 1 is 1.33 bits per heavy atom. The van der Waals surface area contributed by atoms with Crippen LogP contribution in [0.25, 0.3) is 0 Å². The molecule has 24 heavy (non-hydrogen) atoms. The third kappa shape index (κ3) is 4.58. The van der Waals surface area contributed by atoms with Crippen molar-refractivity contribution in [2.24, 2.45) is 10.9 Å². The second-order valence-corrected chi connectivity index (χ2v) is 8.89. The van der Waals surface area contributed by atoms with Crippen LogP contribution < -0.4 is 5.32 Å². The molecule has 0 aliphatic carbocycles. The third-order valence-corrected chi connectivity index (χ3v) is 6.92. The van der Waals surface area contributed by atoms with Gasteiger partial charge in [0.15, 0.2) is 5.96 Å². The van der Waals surface area contributed by atoms with Gasteiger partial charge in [0.1, 0.15) is 0 Å². The molecule has 0 aromatic heterocycles. The predicted octanol–water partition coefficient (Wildman–Crippen LogP) is 1.89. The van der Waals surface area contributed by atoms with E-state index in [0.717, 1.165) is 51.2 Å². The summed E-state index contributed by atoms with van der Waals surface area (Å²) in [5.41, 5.74) is 0. The van der Waals surface area contributed by atoms with Gasteiger partial charge in [0.2, 0.25) is 0 Å². The van der Waals surface area contributed by atoms with Crippen molar-refractivity contribution < 1.29 is 4.74 Å². The molecule has 6 heteroatoms. The number of nitrogens with one attached hydrogen (secondary N) is 1. The molecule has 3 fully saturated rings. The summed E-state index contributed by atoms with van der Waals surface area (Å²) in [5.74, 6) is 2.99. The highest BCUT2D eigenvalue weighted by Gasteiger charge is 2.32. The minimum Gasteiger partial charge on any atom is -0.373 e. The fraction of sp³-hybridized carbons (Fsp3) is 0.944. The number of ether oxygens (including phenoxy) is 1. The van der Waals surface area contributed by atoms with E-state index < -0.39 is 0 Å². The van der Waals surface area contributed by atoms with Gasteiger partial charge in [-0.3, -0.25) is 9.89 Å². The highest BCUT2D eigenvalue weighted by atomic mass is 32.2. The average molecular weight is 355 g/mol. The Kier molecular flexibility index (Phi) is 6.70. The van der Waals surface area contributed by atoms with Gasteiger partial charge in [-0.15, -0.1) is 0 Å². The van der Waals surface area contributed by atoms with Crippen LogP contribution in [0.5, 0.6) is 0 Å². The van der Waals surface area contributed by atoms with Gasteiger partial charge in [-0.1, -0.05) is 13.8 Å². The van der Waals surface area contributed by atoms with E-state index in [1.54, 1.807) is 0 Å². The summed E-state index contributed by atoms with van der Waals surface area (Å²) in [6.45, 7) is 13.9. The van der Waals surface area contributed by atoms with E-state index >= 15 is 0 Å². The average Bonchev–Trinajstić information content (AvgIpc) is 3.06. The molecule has 0 saturated carbocycles. The number of thioether (sulfide) groups is 1.